The van der Waals surface area contributed by atoms with Crippen LogP contribution in [0.1, 0.15) is 62.8 Å². The number of nitrogens with zero attached hydrogens (tertiary/aromatic N) is 6. The Kier molecular flexibility index (Phi) is 17.6. The van der Waals surface area contributed by atoms with E-state index in [-0.39, 0.29) is 11.3 Å². The number of nitrogens with one attached hydrogen (secondary N) is 4. The number of halogens is 8. The zero-order chi connectivity index (χ0) is 57.1. The zero-order valence-electron chi connectivity index (χ0n) is 43.3. The number of alkyl halides is 6. The van der Waals surface area contributed by atoms with Crippen molar-refractivity contribution < 1.29 is 74.0 Å². The summed E-state index contributed by atoms with van der Waals surface area (Å²) in [6.07, 6.45) is -11.0. The van der Waals surface area contributed by atoms with E-state index in [1.54, 1.807) is 25.4 Å². The summed E-state index contributed by atoms with van der Waals surface area (Å²) in [7, 11) is 2.38. The molecule has 4 aromatic rings. The molecule has 2 bridgehead atoms. The van der Waals surface area contributed by atoms with Crippen molar-refractivity contribution in [2.45, 2.75) is 108 Å². The Bertz CT molecular complexity index is 2830. The van der Waals surface area contributed by atoms with Crippen molar-refractivity contribution in [3.63, 3.8) is 0 Å². The number of aliphatic hydroxyl groups is 1. The molecule has 0 aliphatic carbocycles. The average Bonchev–Trinajstić information content (AvgIpc) is 3.94. The molecule has 3 saturated heterocycles. The molecule has 6 N–H and O–H groups in total. The van der Waals surface area contributed by atoms with Crippen LogP contribution in [-0.2, 0) is 39.1 Å². The summed E-state index contributed by atoms with van der Waals surface area (Å²) in [6.45, 7) is 3.34. The van der Waals surface area contributed by atoms with Gasteiger partial charge in [-0.1, -0.05) is 24.0 Å². The quantitative estimate of drug-likeness (QED) is 0.0403. The van der Waals surface area contributed by atoms with Gasteiger partial charge in [-0.15, -0.1) is 0 Å². The summed E-state index contributed by atoms with van der Waals surface area (Å²) >= 11 is 0. The maximum absolute atomic E-state index is 16.0. The molecule has 3 aliphatic heterocycles. The van der Waals surface area contributed by atoms with Crippen molar-refractivity contribution in [3.05, 3.63) is 101 Å². The van der Waals surface area contributed by atoms with Gasteiger partial charge in [-0.3, -0.25) is 24.6 Å². The number of aryl methyl sites for hydroxylation is 1. The van der Waals surface area contributed by atoms with Crippen LogP contribution in [-0.4, -0.2) is 154 Å². The second-order valence-corrected chi connectivity index (χ2v) is 20.7. The number of piperazine rings is 1. The molecule has 26 heteroatoms. The van der Waals surface area contributed by atoms with Crippen LogP contribution >= 0.6 is 0 Å². The number of hydrogen-bond acceptors (Lipinski definition) is 12. The molecular weight excluding hydrogens is 1040 g/mol. The maximum atomic E-state index is 16.0. The Hall–Kier alpha value is -7.08. The summed E-state index contributed by atoms with van der Waals surface area (Å²) in [4.78, 5) is 61.6. The Morgan fingerprint density at radius 1 is 0.821 bits per heavy atom. The van der Waals surface area contributed by atoms with Gasteiger partial charge >= 0.3 is 24.5 Å². The van der Waals surface area contributed by atoms with Crippen LogP contribution in [0.4, 0.5) is 50.5 Å². The van der Waals surface area contributed by atoms with Gasteiger partial charge in [0.2, 0.25) is 5.91 Å². The van der Waals surface area contributed by atoms with E-state index in [1.165, 1.54) is 34.4 Å². The topological polar surface area (TPSA) is 216 Å². The van der Waals surface area contributed by atoms with Gasteiger partial charge in [0.05, 0.1) is 55.0 Å². The molecule has 0 spiro atoms. The van der Waals surface area contributed by atoms with E-state index >= 15 is 8.78 Å². The number of hydrazine groups is 1. The van der Waals surface area contributed by atoms with Gasteiger partial charge < -0.3 is 40.5 Å². The molecule has 2 aromatic heterocycles. The summed E-state index contributed by atoms with van der Waals surface area (Å²) in [5, 5.41) is 31.9. The predicted octanol–water partition coefficient (Wildman–Crippen LogP) is 5.67. The summed E-state index contributed by atoms with van der Waals surface area (Å²) in [5.74, 6) is 1.16. The van der Waals surface area contributed by atoms with Crippen molar-refractivity contribution in [1.29, 1.82) is 0 Å². The minimum atomic E-state index is -5.23. The first kappa shape index (κ1) is 58.6. The van der Waals surface area contributed by atoms with Crippen molar-refractivity contribution in [3.8, 4) is 23.1 Å². The minimum Gasteiger partial charge on any atom is -0.465 e. The van der Waals surface area contributed by atoms with Crippen LogP contribution < -0.4 is 26.3 Å². The van der Waals surface area contributed by atoms with Gasteiger partial charge in [0.15, 0.2) is 0 Å². The second-order valence-electron chi connectivity index (χ2n) is 20.7. The smallest absolute Gasteiger partial charge is 0.407 e. The summed E-state index contributed by atoms with van der Waals surface area (Å²) in [6, 6.07) is 7.63. The van der Waals surface area contributed by atoms with Crippen molar-refractivity contribution in [2.75, 3.05) is 44.9 Å². The average molecular weight is 1110 g/mol. The van der Waals surface area contributed by atoms with Crippen LogP contribution in [0.2, 0.25) is 0 Å². The Morgan fingerprint density at radius 2 is 1.40 bits per heavy atom. The van der Waals surface area contributed by atoms with Crippen molar-refractivity contribution in [1.82, 2.24) is 46.0 Å². The van der Waals surface area contributed by atoms with E-state index in [9.17, 15) is 55.7 Å². The molecule has 0 saturated carbocycles. The maximum Gasteiger partial charge on any atom is 0.407 e. The van der Waals surface area contributed by atoms with E-state index in [2.05, 4.69) is 41.8 Å². The fraction of sp³-hybridized carbons (Fsp3) is 0.500. The molecule has 7 rings (SSSR count). The normalized spacial score (nSPS) is 18.7. The molecule has 3 aliphatic rings. The number of aliphatic hydroxyl groups excluding tert-OH is 1. The highest BCUT2D eigenvalue weighted by atomic mass is 19.4. The third kappa shape index (κ3) is 13.4. The molecule has 18 nitrogen and oxygen atoms in total. The van der Waals surface area contributed by atoms with Crippen LogP contribution in [0, 0.1) is 34.3 Å². The highest BCUT2D eigenvalue weighted by Gasteiger charge is 2.57. The van der Waals surface area contributed by atoms with Gasteiger partial charge in [-0.05, 0) is 95.0 Å². The number of carbonyl (C=O) groups excluding carboxylic acids is 3. The van der Waals surface area contributed by atoms with Crippen LogP contribution in [0.3, 0.4) is 0 Å². The number of benzene rings is 2. The first-order valence-corrected chi connectivity index (χ1v) is 24.7. The lowest BCUT2D eigenvalue weighted by atomic mass is 9.82. The van der Waals surface area contributed by atoms with Gasteiger partial charge in [-0.2, -0.15) is 31.4 Å². The Balaban J connectivity index is 1.17. The summed E-state index contributed by atoms with van der Waals surface area (Å²) in [5.41, 5.74) is -3.46. The lowest BCUT2D eigenvalue weighted by Crippen LogP contribution is -2.63. The number of pyridine rings is 1. The molecule has 422 valence electrons. The number of amides is 4. The predicted molar refractivity (Wildman–Crippen MR) is 265 cm³/mol. The number of methoxy groups -OCH3 is 1. The number of anilines is 1. The minimum absolute atomic E-state index is 0.0445. The van der Waals surface area contributed by atoms with Gasteiger partial charge in [-0.25, -0.2) is 28.4 Å². The van der Waals surface area contributed by atoms with E-state index in [4.69, 9.17) is 4.74 Å². The van der Waals surface area contributed by atoms with Crippen LogP contribution in [0.5, 0.6) is 0 Å². The first-order valence-electron chi connectivity index (χ1n) is 24.7. The SMILES string of the molecule is COC(=O)N[C@H](C(=O)N[C@@H](Cc1ccc(C#Cc2ccc(N3CC4CCC(C3)N4C3COC3)nc2)cc1)[C@@H](O)CN(Cc1c(F)cc(-c2ccn(C)n2)cc1F)NC(=O)[C@@H](NC(=O)O)C(C)(C)C(F)(F)F)C(C)(C)C(F)(F)F. The molecule has 2 unspecified atom stereocenters. The van der Waals surface area contributed by atoms with E-state index in [0.29, 0.717) is 67.5 Å². The standard InChI is InChI=1S/C52H60F8N10O8/c1-49(2,51(55,56)57)43(64-48(76)77-6)45(72)62-40(19-30-10-7-29(8-11-30)9-12-31-13-16-42(61-22-31)68-23-33-14-15-34(24-68)70(33)35-27-78-28-35)41(71)26-69(66-46(73)44(63-47(74)75)50(3,4)52(58,59)60)25-36-37(53)20-32(21-38(36)54)39-17-18-67(5)65-39/h7-8,10-11,13,16-18,20-22,33-35,40-41,43-44,63,71H,14-15,19,23-28H2,1-6H3,(H,62,72)(H,64,76)(H,66,73)(H,74,75)/t33?,34?,40-,41-,43+,44+/m0/s1. The molecule has 2 aromatic carbocycles. The number of hydrogen-bond donors (Lipinski definition) is 6. The number of fused-ring (bicyclic) bond motifs is 2. The molecule has 6 atom stereocenters. The molecule has 4 amide bonds. The van der Waals surface area contributed by atoms with E-state index in [0.717, 1.165) is 64.2 Å². The Morgan fingerprint density at radius 3 is 1.90 bits per heavy atom. The molecule has 78 heavy (non-hydrogen) atoms. The first-order chi connectivity index (χ1) is 36.6. The third-order valence-corrected chi connectivity index (χ3v) is 14.5. The number of ether oxygens (including phenoxy) is 2. The fourth-order valence-corrected chi connectivity index (χ4v) is 9.59. The van der Waals surface area contributed by atoms with Crippen molar-refractivity contribution >= 4 is 29.8 Å². The zero-order valence-corrected chi connectivity index (χ0v) is 43.3. The van der Waals surface area contributed by atoms with Crippen LogP contribution in [0.25, 0.3) is 11.3 Å². The van der Waals surface area contributed by atoms with Gasteiger partial charge in [0.1, 0.15) is 29.5 Å². The number of rotatable bonds is 18. The number of aromatic nitrogens is 3. The number of alkyl carbamates (subject to hydrolysis) is 1. The third-order valence-electron chi connectivity index (χ3n) is 14.5. The van der Waals surface area contributed by atoms with E-state index in [1.807, 2.05) is 22.9 Å². The monoisotopic (exact) mass is 1100 g/mol. The largest absolute Gasteiger partial charge is 0.465 e. The lowest BCUT2D eigenvalue weighted by molar-refractivity contribution is -0.221. The fourth-order valence-electron chi connectivity index (χ4n) is 9.59. The molecule has 0 radical (unpaired) electrons. The molecule has 5 heterocycles. The highest BCUT2D eigenvalue weighted by molar-refractivity contribution is 5.87. The van der Waals surface area contributed by atoms with E-state index < -0.39 is 108 Å². The van der Waals surface area contributed by atoms with Crippen molar-refractivity contribution in [2.24, 2.45) is 17.9 Å². The number of carboxylic acid groups (broad SMARTS) is 1. The summed E-state index contributed by atoms with van der Waals surface area (Å²) < 4.78 is 130. The highest BCUT2D eigenvalue weighted by Crippen LogP contribution is 2.42. The second kappa shape index (κ2) is 23.5. The van der Waals surface area contributed by atoms with Gasteiger partial charge in [0.25, 0.3) is 5.91 Å². The molecular formula is C52H60F8N10O8. The lowest BCUT2D eigenvalue weighted by Gasteiger charge is -2.47. The molecule has 3 fully saturated rings. The Labute approximate surface area is 443 Å². The van der Waals surface area contributed by atoms with Gasteiger partial charge in [0, 0.05) is 80.0 Å². The van der Waals surface area contributed by atoms with Crippen LogP contribution in [0.15, 0.2) is 67.0 Å². The number of carbonyl (C=O) groups is 4.